The molecule has 2 N–H and O–H groups in total. The van der Waals surface area contributed by atoms with Gasteiger partial charge in [0.15, 0.2) is 5.65 Å². The molecule has 0 aliphatic rings. The molecule has 0 saturated heterocycles. The third kappa shape index (κ3) is 5.12. The Morgan fingerprint density at radius 2 is 1.64 bits per heavy atom. The zero-order valence-electron chi connectivity index (χ0n) is 19.3. The maximum atomic E-state index is 12.9. The molecule has 5 rings (SSSR count). The Bertz CT molecular complexity index is 1520. The first-order valence-electron chi connectivity index (χ1n) is 11.6. The van der Waals surface area contributed by atoms with Gasteiger partial charge in [0.2, 0.25) is 0 Å². The van der Waals surface area contributed by atoms with E-state index in [0.29, 0.717) is 29.3 Å². The summed E-state index contributed by atoms with van der Waals surface area (Å²) in [5.41, 5.74) is 4.90. The van der Waals surface area contributed by atoms with E-state index in [2.05, 4.69) is 31.7 Å². The van der Waals surface area contributed by atoms with Gasteiger partial charge in [-0.2, -0.15) is 9.61 Å². The van der Waals surface area contributed by atoms with Gasteiger partial charge in [-0.15, -0.1) is 0 Å². The monoisotopic (exact) mass is 559 g/mol. The molecule has 8 heteroatoms. The Morgan fingerprint density at radius 3 is 2.44 bits per heavy atom. The molecule has 5 aromatic rings. The summed E-state index contributed by atoms with van der Waals surface area (Å²) in [6, 6.07) is 27.1. The molecule has 0 bridgehead atoms. The quantitative estimate of drug-likeness (QED) is 0.207. The van der Waals surface area contributed by atoms with Crippen molar-refractivity contribution in [2.75, 3.05) is 18.4 Å². The number of hydrogen-bond donors (Lipinski definition) is 2. The largest absolute Gasteiger partial charge is 0.370 e. The maximum Gasteiger partial charge on any atom is 0.251 e. The summed E-state index contributed by atoms with van der Waals surface area (Å²) in [5.74, 6) is 0.708. The first kappa shape index (κ1) is 24.0. The zero-order chi connectivity index (χ0) is 24.9. The molecular weight excluding hydrogens is 538 g/mol. The van der Waals surface area contributed by atoms with Crippen LogP contribution in [0.1, 0.15) is 16.8 Å². The van der Waals surface area contributed by atoms with Crippen LogP contribution in [0, 0.1) is 0 Å². The average Bonchev–Trinajstić information content (AvgIpc) is 3.29. The molecule has 0 unspecified atom stereocenters. The number of amides is 1. The number of fused-ring (bicyclic) bond motifs is 1. The van der Waals surface area contributed by atoms with Crippen LogP contribution in [-0.4, -0.2) is 33.6 Å². The lowest BCUT2D eigenvalue weighted by molar-refractivity contribution is 0.0954. The van der Waals surface area contributed by atoms with E-state index in [1.165, 1.54) is 0 Å². The van der Waals surface area contributed by atoms with Gasteiger partial charge in [-0.05, 0) is 45.6 Å². The van der Waals surface area contributed by atoms with E-state index in [9.17, 15) is 4.79 Å². The minimum atomic E-state index is -0.0854. The first-order chi connectivity index (χ1) is 17.6. The number of carbonyl (C=O) groups is 1. The van der Waals surface area contributed by atoms with Crippen LogP contribution in [0.25, 0.3) is 28.0 Å². The average molecular weight is 561 g/mol. The molecule has 6 nitrogen and oxygen atoms in total. The minimum absolute atomic E-state index is 0.0854. The van der Waals surface area contributed by atoms with Gasteiger partial charge >= 0.3 is 0 Å². The predicted octanol–water partition coefficient (Wildman–Crippen LogP) is 6.71. The fourth-order valence-corrected chi connectivity index (χ4v) is 4.60. The lowest BCUT2D eigenvalue weighted by atomic mass is 9.99. The van der Waals surface area contributed by atoms with Crippen molar-refractivity contribution in [3.8, 4) is 22.4 Å². The summed E-state index contributed by atoms with van der Waals surface area (Å²) < 4.78 is 2.54. The molecule has 0 radical (unpaired) electrons. The fourth-order valence-electron chi connectivity index (χ4n) is 4.02. The molecule has 180 valence electrons. The van der Waals surface area contributed by atoms with Crippen molar-refractivity contribution in [2.24, 2.45) is 0 Å². The van der Waals surface area contributed by atoms with E-state index in [-0.39, 0.29) is 5.91 Å². The SMILES string of the molecule is O=C(NCCCNc1cc(-c2ccccc2Cl)nc2c(Br)cnn12)c1ccccc1-c1ccccc1. The molecular formula is C28H23BrClN5O. The second-order valence-electron chi connectivity index (χ2n) is 8.18. The second kappa shape index (κ2) is 10.9. The summed E-state index contributed by atoms with van der Waals surface area (Å²) in [4.78, 5) is 17.6. The summed E-state index contributed by atoms with van der Waals surface area (Å²) >= 11 is 9.94. The van der Waals surface area contributed by atoms with E-state index < -0.39 is 0 Å². The number of rotatable bonds is 8. The molecule has 0 fully saturated rings. The number of nitrogens with one attached hydrogen (secondary N) is 2. The molecule has 36 heavy (non-hydrogen) atoms. The highest BCUT2D eigenvalue weighted by Crippen LogP contribution is 2.30. The van der Waals surface area contributed by atoms with Crippen molar-refractivity contribution in [2.45, 2.75) is 6.42 Å². The Kier molecular flexibility index (Phi) is 7.30. The number of carbonyl (C=O) groups excluding carboxylic acids is 1. The molecule has 2 heterocycles. The van der Waals surface area contributed by atoms with Crippen molar-refractivity contribution in [3.63, 3.8) is 0 Å². The number of anilines is 1. The summed E-state index contributed by atoms with van der Waals surface area (Å²) in [6.07, 6.45) is 2.45. The third-order valence-electron chi connectivity index (χ3n) is 5.78. The summed E-state index contributed by atoms with van der Waals surface area (Å²) in [6.45, 7) is 1.17. The van der Waals surface area contributed by atoms with Gasteiger partial charge in [0.05, 0.1) is 16.4 Å². The van der Waals surface area contributed by atoms with Gasteiger partial charge in [-0.1, -0.05) is 78.3 Å². The molecule has 2 aromatic heterocycles. The number of nitrogens with zero attached hydrogens (tertiary/aromatic N) is 3. The van der Waals surface area contributed by atoms with Crippen LogP contribution in [0.15, 0.2) is 95.6 Å². The van der Waals surface area contributed by atoms with E-state index in [4.69, 9.17) is 16.6 Å². The smallest absolute Gasteiger partial charge is 0.251 e. The highest BCUT2D eigenvalue weighted by atomic mass is 79.9. The summed E-state index contributed by atoms with van der Waals surface area (Å²) in [5, 5.41) is 11.5. The lowest BCUT2D eigenvalue weighted by Gasteiger charge is -2.13. The Hall–Kier alpha value is -3.68. The highest BCUT2D eigenvalue weighted by Gasteiger charge is 2.14. The fraction of sp³-hybridized carbons (Fsp3) is 0.107. The zero-order valence-corrected chi connectivity index (χ0v) is 21.6. The van der Waals surface area contributed by atoms with Crippen molar-refractivity contribution < 1.29 is 4.79 Å². The van der Waals surface area contributed by atoms with Gasteiger partial charge in [-0.25, -0.2) is 4.98 Å². The standard InChI is InChI=1S/C28H23BrClN5O/c29-23-18-33-35-26(17-25(34-27(23)35)22-13-6-7-14-24(22)30)31-15-8-16-32-28(36)21-12-5-4-11-20(21)19-9-2-1-3-10-19/h1-7,9-14,17-18,31H,8,15-16H2,(H,32,36). The van der Waals surface area contributed by atoms with Crippen LogP contribution in [0.2, 0.25) is 5.02 Å². The first-order valence-corrected chi connectivity index (χ1v) is 12.7. The van der Waals surface area contributed by atoms with Crippen molar-refractivity contribution in [3.05, 3.63) is 106 Å². The van der Waals surface area contributed by atoms with Gasteiger partial charge in [-0.3, -0.25) is 4.79 Å². The minimum Gasteiger partial charge on any atom is -0.370 e. The second-order valence-corrected chi connectivity index (χ2v) is 9.44. The van der Waals surface area contributed by atoms with Gasteiger partial charge in [0, 0.05) is 35.3 Å². The number of halogens is 2. The van der Waals surface area contributed by atoms with Crippen LogP contribution < -0.4 is 10.6 Å². The highest BCUT2D eigenvalue weighted by molar-refractivity contribution is 9.10. The number of hydrogen-bond acceptors (Lipinski definition) is 4. The molecule has 0 spiro atoms. The summed E-state index contributed by atoms with van der Waals surface area (Å²) in [7, 11) is 0. The van der Waals surface area contributed by atoms with Crippen LogP contribution >= 0.6 is 27.5 Å². The van der Waals surface area contributed by atoms with Crippen LogP contribution in [-0.2, 0) is 0 Å². The Balaban J connectivity index is 1.25. The van der Waals surface area contributed by atoms with E-state index in [1.54, 1.807) is 10.7 Å². The molecule has 3 aromatic carbocycles. The van der Waals surface area contributed by atoms with E-state index in [1.807, 2.05) is 84.9 Å². The van der Waals surface area contributed by atoms with E-state index in [0.717, 1.165) is 39.1 Å². The number of aromatic nitrogens is 3. The number of benzene rings is 3. The molecule has 0 saturated carbocycles. The Morgan fingerprint density at radius 1 is 0.917 bits per heavy atom. The Labute approximate surface area is 222 Å². The topological polar surface area (TPSA) is 71.3 Å². The van der Waals surface area contributed by atoms with E-state index >= 15 is 0 Å². The van der Waals surface area contributed by atoms with Gasteiger partial charge in [0.1, 0.15) is 5.82 Å². The van der Waals surface area contributed by atoms with Gasteiger partial charge in [0.25, 0.3) is 5.91 Å². The third-order valence-corrected chi connectivity index (χ3v) is 6.67. The predicted molar refractivity (Wildman–Crippen MR) is 148 cm³/mol. The lowest BCUT2D eigenvalue weighted by Crippen LogP contribution is -2.26. The molecule has 0 atom stereocenters. The maximum absolute atomic E-state index is 12.9. The van der Waals surface area contributed by atoms with Crippen molar-refractivity contribution in [1.29, 1.82) is 0 Å². The molecule has 0 aliphatic heterocycles. The molecule has 1 amide bonds. The normalized spacial score (nSPS) is 10.9. The molecule has 0 aliphatic carbocycles. The van der Waals surface area contributed by atoms with Crippen LogP contribution in [0.3, 0.4) is 0 Å². The van der Waals surface area contributed by atoms with Crippen molar-refractivity contribution >= 4 is 44.9 Å². The van der Waals surface area contributed by atoms with Gasteiger partial charge < -0.3 is 10.6 Å². The van der Waals surface area contributed by atoms with Crippen molar-refractivity contribution in [1.82, 2.24) is 19.9 Å². The van der Waals surface area contributed by atoms with Crippen LogP contribution in [0.5, 0.6) is 0 Å². The van der Waals surface area contributed by atoms with Crippen LogP contribution in [0.4, 0.5) is 5.82 Å².